The highest BCUT2D eigenvalue weighted by Gasteiger charge is 2.26. The first kappa shape index (κ1) is 14.0. The number of benzene rings is 1. The van der Waals surface area contributed by atoms with E-state index in [0.717, 1.165) is 25.7 Å². The first-order valence-electron chi connectivity index (χ1n) is 6.50. The molecular formula is C14H18ClNO3. The lowest BCUT2D eigenvalue weighted by molar-refractivity contribution is 0.0908. The number of carbonyl (C=O) groups excluding carboxylic acids is 1. The minimum Gasteiger partial charge on any atom is -0.508 e. The second-order valence-corrected chi connectivity index (χ2v) is 5.29. The highest BCUT2D eigenvalue weighted by Crippen LogP contribution is 2.27. The summed E-state index contributed by atoms with van der Waals surface area (Å²) in [5.41, 5.74) is 0.0962. The zero-order valence-electron chi connectivity index (χ0n) is 10.6. The van der Waals surface area contributed by atoms with Gasteiger partial charge in [0.2, 0.25) is 0 Å². The Morgan fingerprint density at radius 1 is 1.32 bits per heavy atom. The first-order valence-corrected chi connectivity index (χ1v) is 7.04. The molecule has 104 valence electrons. The van der Waals surface area contributed by atoms with E-state index in [-0.39, 0.29) is 34.9 Å². The summed E-state index contributed by atoms with van der Waals surface area (Å²) in [7, 11) is 0. The molecule has 1 amide bonds. The Balaban J connectivity index is 2.09. The molecule has 2 atom stereocenters. The molecule has 0 aromatic heterocycles. The van der Waals surface area contributed by atoms with E-state index in [4.69, 9.17) is 11.6 Å². The number of nitrogens with one attached hydrogen (secondary N) is 1. The third-order valence-electron chi connectivity index (χ3n) is 3.65. The van der Waals surface area contributed by atoms with Gasteiger partial charge >= 0.3 is 0 Å². The Morgan fingerprint density at radius 2 is 2.05 bits per heavy atom. The number of hydrogen-bond acceptors (Lipinski definition) is 3. The molecule has 2 rings (SSSR count). The first-order chi connectivity index (χ1) is 9.11. The zero-order valence-corrected chi connectivity index (χ0v) is 11.4. The lowest BCUT2D eigenvalue weighted by Gasteiger charge is -2.30. The fraction of sp³-hybridized carbons (Fsp3) is 0.500. The number of alkyl halides is 1. The fourth-order valence-corrected chi connectivity index (χ4v) is 2.90. The zero-order chi connectivity index (χ0) is 13.8. The third-order valence-corrected chi connectivity index (χ3v) is 4.04. The summed E-state index contributed by atoms with van der Waals surface area (Å²) in [5.74, 6) is 0.264. The summed E-state index contributed by atoms with van der Waals surface area (Å²) in [4.78, 5) is 12.1. The van der Waals surface area contributed by atoms with Gasteiger partial charge in [-0.2, -0.15) is 0 Å². The van der Waals surface area contributed by atoms with E-state index in [1.807, 2.05) is 0 Å². The van der Waals surface area contributed by atoms with Crippen LogP contribution in [0.15, 0.2) is 18.2 Å². The molecule has 1 aromatic rings. The minimum atomic E-state index is -0.365. The summed E-state index contributed by atoms with van der Waals surface area (Å²) >= 11 is 5.92. The second kappa shape index (κ2) is 6.15. The highest BCUT2D eigenvalue weighted by atomic mass is 35.5. The van der Waals surface area contributed by atoms with E-state index in [1.165, 1.54) is 18.2 Å². The summed E-state index contributed by atoms with van der Waals surface area (Å²) < 4.78 is 0. The smallest absolute Gasteiger partial charge is 0.255 e. The van der Waals surface area contributed by atoms with Crippen molar-refractivity contribution < 1.29 is 15.0 Å². The SMILES string of the molecule is O=C(NC1CCCCC1CCl)c1cc(O)ccc1O. The molecule has 0 radical (unpaired) electrons. The normalized spacial score (nSPS) is 23.0. The van der Waals surface area contributed by atoms with Crippen LogP contribution in [0.1, 0.15) is 36.0 Å². The van der Waals surface area contributed by atoms with Gasteiger partial charge in [-0.15, -0.1) is 11.6 Å². The van der Waals surface area contributed by atoms with Gasteiger partial charge in [-0.05, 0) is 37.0 Å². The van der Waals surface area contributed by atoms with Gasteiger partial charge in [-0.25, -0.2) is 0 Å². The van der Waals surface area contributed by atoms with Crippen LogP contribution in [-0.4, -0.2) is 28.0 Å². The molecule has 1 fully saturated rings. The molecule has 1 aliphatic carbocycles. The maximum Gasteiger partial charge on any atom is 0.255 e. The minimum absolute atomic E-state index is 0.0412. The molecule has 1 aromatic carbocycles. The number of hydrogen-bond donors (Lipinski definition) is 3. The van der Waals surface area contributed by atoms with Crippen LogP contribution in [0.5, 0.6) is 11.5 Å². The van der Waals surface area contributed by atoms with Crippen molar-refractivity contribution in [2.24, 2.45) is 5.92 Å². The summed E-state index contributed by atoms with van der Waals surface area (Å²) in [6.45, 7) is 0. The fourth-order valence-electron chi connectivity index (χ4n) is 2.53. The molecule has 19 heavy (non-hydrogen) atoms. The molecule has 2 unspecified atom stereocenters. The summed E-state index contributed by atoms with van der Waals surface area (Å²) in [6.07, 6.45) is 4.13. The largest absolute Gasteiger partial charge is 0.508 e. The van der Waals surface area contributed by atoms with E-state index in [9.17, 15) is 15.0 Å². The Bertz CT molecular complexity index is 464. The predicted molar refractivity (Wildman–Crippen MR) is 73.7 cm³/mol. The van der Waals surface area contributed by atoms with E-state index in [0.29, 0.717) is 5.88 Å². The molecule has 1 aliphatic rings. The number of phenolic OH excluding ortho intramolecular Hbond substituents is 2. The van der Waals surface area contributed by atoms with E-state index < -0.39 is 0 Å². The van der Waals surface area contributed by atoms with Gasteiger partial charge in [0.25, 0.3) is 5.91 Å². The Kier molecular flexibility index (Phi) is 4.53. The lowest BCUT2D eigenvalue weighted by atomic mass is 9.85. The van der Waals surface area contributed by atoms with E-state index >= 15 is 0 Å². The van der Waals surface area contributed by atoms with Crippen LogP contribution in [0.4, 0.5) is 0 Å². The van der Waals surface area contributed by atoms with Crippen LogP contribution in [0, 0.1) is 5.92 Å². The van der Waals surface area contributed by atoms with Crippen LogP contribution in [0.2, 0.25) is 0 Å². The molecule has 4 nitrogen and oxygen atoms in total. The van der Waals surface area contributed by atoms with Crippen molar-refractivity contribution in [3.63, 3.8) is 0 Å². The van der Waals surface area contributed by atoms with Crippen molar-refractivity contribution in [1.29, 1.82) is 0 Å². The van der Waals surface area contributed by atoms with Gasteiger partial charge in [0.15, 0.2) is 0 Å². The third kappa shape index (κ3) is 3.32. The van der Waals surface area contributed by atoms with Crippen molar-refractivity contribution in [2.45, 2.75) is 31.7 Å². The van der Waals surface area contributed by atoms with Gasteiger partial charge in [0.1, 0.15) is 11.5 Å². The van der Waals surface area contributed by atoms with Gasteiger partial charge in [-0.3, -0.25) is 4.79 Å². The van der Waals surface area contributed by atoms with Crippen LogP contribution in [0.3, 0.4) is 0 Å². The average Bonchev–Trinajstić information content (AvgIpc) is 2.42. The quantitative estimate of drug-likeness (QED) is 0.590. The Hall–Kier alpha value is -1.42. The lowest BCUT2D eigenvalue weighted by Crippen LogP contribution is -2.42. The number of rotatable bonds is 3. The summed E-state index contributed by atoms with van der Waals surface area (Å²) in [6, 6.07) is 3.96. The maximum absolute atomic E-state index is 12.1. The molecule has 0 heterocycles. The van der Waals surface area contributed by atoms with Gasteiger partial charge in [0, 0.05) is 11.9 Å². The number of phenols is 2. The highest BCUT2D eigenvalue weighted by molar-refractivity contribution is 6.18. The van der Waals surface area contributed by atoms with Crippen molar-refractivity contribution >= 4 is 17.5 Å². The topological polar surface area (TPSA) is 69.6 Å². The molecule has 0 bridgehead atoms. The van der Waals surface area contributed by atoms with Gasteiger partial charge in [0.05, 0.1) is 5.56 Å². The van der Waals surface area contributed by atoms with Crippen molar-refractivity contribution in [3.05, 3.63) is 23.8 Å². The van der Waals surface area contributed by atoms with Crippen LogP contribution in [0.25, 0.3) is 0 Å². The molecular weight excluding hydrogens is 266 g/mol. The van der Waals surface area contributed by atoms with Crippen molar-refractivity contribution in [1.82, 2.24) is 5.32 Å². The summed E-state index contributed by atoms with van der Waals surface area (Å²) in [5, 5.41) is 21.9. The van der Waals surface area contributed by atoms with Crippen LogP contribution >= 0.6 is 11.6 Å². The van der Waals surface area contributed by atoms with Crippen molar-refractivity contribution in [2.75, 3.05) is 5.88 Å². The monoisotopic (exact) mass is 283 g/mol. The molecule has 3 N–H and O–H groups in total. The second-order valence-electron chi connectivity index (χ2n) is 4.98. The Labute approximate surface area is 117 Å². The predicted octanol–water partition coefficient (Wildman–Crippen LogP) is 2.63. The maximum atomic E-state index is 12.1. The Morgan fingerprint density at radius 3 is 2.79 bits per heavy atom. The van der Waals surface area contributed by atoms with Crippen molar-refractivity contribution in [3.8, 4) is 11.5 Å². The number of halogens is 1. The van der Waals surface area contributed by atoms with Gasteiger partial charge < -0.3 is 15.5 Å². The molecule has 0 saturated heterocycles. The van der Waals surface area contributed by atoms with Gasteiger partial charge in [-0.1, -0.05) is 12.8 Å². The molecule has 5 heteroatoms. The molecule has 1 saturated carbocycles. The average molecular weight is 284 g/mol. The number of carbonyl (C=O) groups is 1. The molecule has 0 spiro atoms. The van der Waals surface area contributed by atoms with Crippen LogP contribution in [-0.2, 0) is 0 Å². The number of aromatic hydroxyl groups is 2. The standard InChI is InChI=1S/C14H18ClNO3/c15-8-9-3-1-2-4-12(9)16-14(19)11-7-10(17)5-6-13(11)18/h5-7,9,12,17-18H,1-4,8H2,(H,16,19). The number of amides is 1. The van der Waals surface area contributed by atoms with E-state index in [1.54, 1.807) is 0 Å². The van der Waals surface area contributed by atoms with E-state index in [2.05, 4.69) is 5.32 Å². The molecule has 0 aliphatic heterocycles. The van der Waals surface area contributed by atoms with Crippen LogP contribution < -0.4 is 5.32 Å².